The van der Waals surface area contributed by atoms with E-state index in [0.717, 1.165) is 16.8 Å². The zero-order chi connectivity index (χ0) is 17.2. The van der Waals surface area contributed by atoms with E-state index in [4.69, 9.17) is 11.6 Å². The maximum Gasteiger partial charge on any atom is 0.0992 e. The van der Waals surface area contributed by atoms with Crippen LogP contribution in [-0.4, -0.2) is 10.1 Å². The quantitative estimate of drug-likeness (QED) is 0.720. The Morgan fingerprint density at radius 1 is 1.00 bits per heavy atom. The van der Waals surface area contributed by atoms with Crippen LogP contribution in [0.5, 0.6) is 0 Å². The Morgan fingerprint density at radius 3 is 2.38 bits per heavy atom. The van der Waals surface area contributed by atoms with E-state index in [1.165, 1.54) is 5.56 Å². The van der Waals surface area contributed by atoms with E-state index >= 15 is 0 Å². The van der Waals surface area contributed by atoms with Gasteiger partial charge in [0, 0.05) is 11.2 Å². The molecule has 122 valence electrons. The number of aromatic nitrogens is 1. The van der Waals surface area contributed by atoms with Crippen LogP contribution in [0.3, 0.4) is 0 Å². The van der Waals surface area contributed by atoms with Crippen LogP contribution >= 0.6 is 11.6 Å². The van der Waals surface area contributed by atoms with Crippen molar-refractivity contribution >= 4 is 11.6 Å². The number of pyridine rings is 1. The molecule has 0 spiro atoms. The lowest BCUT2D eigenvalue weighted by molar-refractivity contribution is 0.0380. The SMILES string of the molecule is Cc1ccc([C@@H](c2ccccn2)[C@](C)(O)c2cccc(Cl)c2)cc1. The largest absolute Gasteiger partial charge is 0.384 e. The second-order valence-electron chi connectivity index (χ2n) is 6.26. The first-order valence-corrected chi connectivity index (χ1v) is 8.32. The Balaban J connectivity index is 2.15. The Bertz CT molecular complexity index is 813. The van der Waals surface area contributed by atoms with Gasteiger partial charge in [-0.2, -0.15) is 0 Å². The van der Waals surface area contributed by atoms with Gasteiger partial charge in [0.2, 0.25) is 0 Å². The molecule has 0 aliphatic carbocycles. The van der Waals surface area contributed by atoms with Gasteiger partial charge in [-0.05, 0) is 49.2 Å². The number of hydrogen-bond acceptors (Lipinski definition) is 2. The van der Waals surface area contributed by atoms with Crippen LogP contribution < -0.4 is 0 Å². The molecule has 3 heteroatoms. The lowest BCUT2D eigenvalue weighted by Crippen LogP contribution is -2.31. The van der Waals surface area contributed by atoms with Crippen molar-refractivity contribution in [2.24, 2.45) is 0 Å². The molecule has 2 aromatic carbocycles. The fourth-order valence-electron chi connectivity index (χ4n) is 3.06. The van der Waals surface area contributed by atoms with Crippen LogP contribution in [0.1, 0.15) is 35.2 Å². The molecule has 0 amide bonds. The van der Waals surface area contributed by atoms with Gasteiger partial charge in [0.1, 0.15) is 0 Å². The molecule has 3 aromatic rings. The van der Waals surface area contributed by atoms with Crippen LogP contribution in [0.25, 0.3) is 0 Å². The summed E-state index contributed by atoms with van der Waals surface area (Å²) in [5.41, 5.74) is 2.65. The third-order valence-electron chi connectivity index (χ3n) is 4.37. The molecule has 1 N–H and O–H groups in total. The van der Waals surface area contributed by atoms with E-state index in [1.807, 2.05) is 61.5 Å². The molecule has 0 saturated heterocycles. The molecule has 1 heterocycles. The van der Waals surface area contributed by atoms with Crippen molar-refractivity contribution in [3.63, 3.8) is 0 Å². The van der Waals surface area contributed by atoms with E-state index in [9.17, 15) is 5.11 Å². The number of aliphatic hydroxyl groups is 1. The fraction of sp³-hybridized carbons (Fsp3) is 0.190. The van der Waals surface area contributed by atoms with Gasteiger partial charge in [-0.1, -0.05) is 59.6 Å². The van der Waals surface area contributed by atoms with E-state index in [1.54, 1.807) is 6.20 Å². The normalized spacial score (nSPS) is 14.8. The monoisotopic (exact) mass is 337 g/mol. The molecule has 2 nitrogen and oxygen atoms in total. The first kappa shape index (κ1) is 16.7. The Hall–Kier alpha value is -2.16. The maximum absolute atomic E-state index is 11.4. The predicted octanol–water partition coefficient (Wildman–Crippen LogP) is 5.08. The van der Waals surface area contributed by atoms with Gasteiger partial charge < -0.3 is 5.11 Å². The topological polar surface area (TPSA) is 33.1 Å². The summed E-state index contributed by atoms with van der Waals surface area (Å²) in [7, 11) is 0. The van der Waals surface area contributed by atoms with Crippen molar-refractivity contribution in [3.05, 3.63) is 100 Å². The lowest BCUT2D eigenvalue weighted by atomic mass is 9.76. The lowest BCUT2D eigenvalue weighted by Gasteiger charge is -2.34. The number of nitrogens with zero attached hydrogens (tertiary/aromatic N) is 1. The summed E-state index contributed by atoms with van der Waals surface area (Å²) in [6.45, 7) is 3.87. The summed E-state index contributed by atoms with van der Waals surface area (Å²) in [4.78, 5) is 4.50. The second kappa shape index (κ2) is 6.76. The molecule has 2 atom stereocenters. The van der Waals surface area contributed by atoms with Gasteiger partial charge in [-0.3, -0.25) is 4.98 Å². The van der Waals surface area contributed by atoms with E-state index < -0.39 is 5.60 Å². The van der Waals surface area contributed by atoms with Crippen LogP contribution in [0.15, 0.2) is 72.9 Å². The highest BCUT2D eigenvalue weighted by atomic mass is 35.5. The van der Waals surface area contributed by atoms with Gasteiger partial charge in [0.15, 0.2) is 0 Å². The molecule has 1 aromatic heterocycles. The summed E-state index contributed by atoms with van der Waals surface area (Å²) in [6.07, 6.45) is 1.75. The molecule has 0 radical (unpaired) electrons. The minimum absolute atomic E-state index is 0.294. The standard InChI is InChI=1S/C21H20ClNO/c1-15-9-11-16(12-10-15)20(19-8-3-4-13-23-19)21(2,24)17-6-5-7-18(22)14-17/h3-14,20,24H,1-2H3/t20-,21+/m0/s1. The molecule has 0 saturated carbocycles. The number of rotatable bonds is 4. The molecule has 24 heavy (non-hydrogen) atoms. The minimum Gasteiger partial charge on any atom is -0.384 e. The van der Waals surface area contributed by atoms with Crippen LogP contribution in [0.4, 0.5) is 0 Å². The summed E-state index contributed by atoms with van der Waals surface area (Å²) >= 11 is 6.14. The van der Waals surface area contributed by atoms with Crippen molar-refractivity contribution in [1.29, 1.82) is 0 Å². The average Bonchev–Trinajstić information content (AvgIpc) is 2.58. The van der Waals surface area contributed by atoms with Crippen LogP contribution in [0, 0.1) is 6.92 Å². The predicted molar refractivity (Wildman–Crippen MR) is 98.3 cm³/mol. The third-order valence-corrected chi connectivity index (χ3v) is 4.60. The second-order valence-corrected chi connectivity index (χ2v) is 6.69. The molecule has 0 bridgehead atoms. The highest BCUT2D eigenvalue weighted by Gasteiger charge is 2.37. The molecule has 3 rings (SSSR count). The number of benzene rings is 2. The molecule has 0 aliphatic rings. The van der Waals surface area contributed by atoms with E-state index in [2.05, 4.69) is 24.0 Å². The van der Waals surface area contributed by atoms with Gasteiger partial charge in [-0.25, -0.2) is 0 Å². The summed E-state index contributed by atoms with van der Waals surface area (Å²) < 4.78 is 0. The van der Waals surface area contributed by atoms with Crippen molar-refractivity contribution in [3.8, 4) is 0 Å². The fourth-order valence-corrected chi connectivity index (χ4v) is 3.25. The van der Waals surface area contributed by atoms with Gasteiger partial charge in [0.25, 0.3) is 0 Å². The first-order chi connectivity index (χ1) is 11.5. The van der Waals surface area contributed by atoms with Crippen LogP contribution in [-0.2, 0) is 5.60 Å². The first-order valence-electron chi connectivity index (χ1n) is 7.94. The summed E-state index contributed by atoms with van der Waals surface area (Å²) in [5, 5.41) is 12.1. The number of halogens is 1. The highest BCUT2D eigenvalue weighted by Crippen LogP contribution is 2.41. The zero-order valence-corrected chi connectivity index (χ0v) is 14.5. The molecule has 0 fully saturated rings. The third kappa shape index (κ3) is 3.35. The number of aryl methyl sites for hydroxylation is 1. The minimum atomic E-state index is -1.14. The van der Waals surface area contributed by atoms with Gasteiger partial charge >= 0.3 is 0 Å². The summed E-state index contributed by atoms with van der Waals surface area (Å²) in [6, 6.07) is 21.4. The van der Waals surface area contributed by atoms with Gasteiger partial charge in [-0.15, -0.1) is 0 Å². The van der Waals surface area contributed by atoms with Crippen LogP contribution in [0.2, 0.25) is 5.02 Å². The van der Waals surface area contributed by atoms with E-state index in [0.29, 0.717) is 5.02 Å². The van der Waals surface area contributed by atoms with Crippen molar-refractivity contribution in [1.82, 2.24) is 4.98 Å². The van der Waals surface area contributed by atoms with Crippen molar-refractivity contribution in [2.75, 3.05) is 0 Å². The Labute approximate surface area is 147 Å². The molecular weight excluding hydrogens is 318 g/mol. The highest BCUT2D eigenvalue weighted by molar-refractivity contribution is 6.30. The molecule has 0 aliphatic heterocycles. The Morgan fingerprint density at radius 2 is 1.75 bits per heavy atom. The smallest absolute Gasteiger partial charge is 0.0992 e. The average molecular weight is 338 g/mol. The van der Waals surface area contributed by atoms with Gasteiger partial charge in [0.05, 0.1) is 17.2 Å². The molecule has 0 unspecified atom stereocenters. The maximum atomic E-state index is 11.4. The Kier molecular flexibility index (Phi) is 4.70. The number of hydrogen-bond donors (Lipinski definition) is 1. The van der Waals surface area contributed by atoms with Crippen molar-refractivity contribution < 1.29 is 5.11 Å². The van der Waals surface area contributed by atoms with E-state index in [-0.39, 0.29) is 5.92 Å². The van der Waals surface area contributed by atoms with Crippen molar-refractivity contribution in [2.45, 2.75) is 25.4 Å². The summed E-state index contributed by atoms with van der Waals surface area (Å²) in [5.74, 6) is -0.294. The zero-order valence-electron chi connectivity index (χ0n) is 13.8. The molecular formula is C21H20ClNO.